The Morgan fingerprint density at radius 2 is 1.86 bits per heavy atom. The van der Waals surface area contributed by atoms with Gasteiger partial charge in [0.05, 0.1) is 7.11 Å². The van der Waals surface area contributed by atoms with Crippen molar-refractivity contribution in [3.05, 3.63) is 35.4 Å². The van der Waals surface area contributed by atoms with E-state index in [1.54, 1.807) is 6.07 Å². The molecule has 0 aromatic heterocycles. The molecule has 1 aromatic carbocycles. The number of aliphatic hydroxyl groups excluding tert-OH is 1. The third-order valence-electron chi connectivity index (χ3n) is 5.07. The Morgan fingerprint density at radius 1 is 1.23 bits per heavy atom. The molecular formula is C19H28O3. The monoisotopic (exact) mass is 304 g/mol. The van der Waals surface area contributed by atoms with Crippen LogP contribution in [-0.4, -0.2) is 18.2 Å². The minimum atomic E-state index is -1.18. The van der Waals surface area contributed by atoms with Gasteiger partial charge in [-0.15, -0.1) is 0 Å². The van der Waals surface area contributed by atoms with E-state index in [2.05, 4.69) is 31.6 Å². The maximum Gasteiger partial charge on any atom is 0.339 e. The first-order chi connectivity index (χ1) is 10.3. The zero-order valence-electron chi connectivity index (χ0n) is 14.1. The Balaban J connectivity index is 2.07. The van der Waals surface area contributed by atoms with Crippen molar-refractivity contribution in [1.82, 2.24) is 0 Å². The lowest BCUT2D eigenvalue weighted by Crippen LogP contribution is -2.25. The molecular weight excluding hydrogens is 276 g/mol. The van der Waals surface area contributed by atoms with Gasteiger partial charge < -0.3 is 9.84 Å². The first-order valence-electron chi connectivity index (χ1n) is 8.18. The minimum Gasteiger partial charge on any atom is -0.467 e. The average molecular weight is 304 g/mol. The molecule has 22 heavy (non-hydrogen) atoms. The average Bonchev–Trinajstić information content (AvgIpc) is 2.53. The number of hydrogen-bond donors (Lipinski definition) is 1. The summed E-state index contributed by atoms with van der Waals surface area (Å²) < 4.78 is 4.61. The maximum atomic E-state index is 11.5. The Morgan fingerprint density at radius 3 is 2.41 bits per heavy atom. The van der Waals surface area contributed by atoms with Crippen LogP contribution in [0.25, 0.3) is 0 Å². The lowest BCUT2D eigenvalue weighted by Gasteiger charge is -2.37. The zero-order valence-corrected chi connectivity index (χ0v) is 14.1. The summed E-state index contributed by atoms with van der Waals surface area (Å²) in [5.74, 6) is 0.713. The second-order valence-corrected chi connectivity index (χ2v) is 7.51. The molecule has 1 saturated carbocycles. The van der Waals surface area contributed by atoms with E-state index < -0.39 is 12.1 Å². The fourth-order valence-corrected chi connectivity index (χ4v) is 3.52. The van der Waals surface area contributed by atoms with Gasteiger partial charge in [-0.3, -0.25) is 0 Å². The van der Waals surface area contributed by atoms with E-state index in [0.717, 1.165) is 5.92 Å². The number of carbonyl (C=O) groups is 1. The largest absolute Gasteiger partial charge is 0.467 e. The topological polar surface area (TPSA) is 46.5 Å². The highest BCUT2D eigenvalue weighted by Gasteiger charge is 2.30. The lowest BCUT2D eigenvalue weighted by molar-refractivity contribution is -0.150. The molecule has 3 heteroatoms. The lowest BCUT2D eigenvalue weighted by atomic mass is 9.68. The van der Waals surface area contributed by atoms with Gasteiger partial charge in [-0.05, 0) is 54.1 Å². The van der Waals surface area contributed by atoms with E-state index in [-0.39, 0.29) is 0 Å². The molecule has 1 aliphatic carbocycles. The summed E-state index contributed by atoms with van der Waals surface area (Å²) in [7, 11) is 1.29. The molecule has 3 nitrogen and oxygen atoms in total. The van der Waals surface area contributed by atoms with Crippen molar-refractivity contribution in [1.29, 1.82) is 0 Å². The molecule has 0 bridgehead atoms. The number of carbonyl (C=O) groups excluding carboxylic acids is 1. The van der Waals surface area contributed by atoms with E-state index in [1.807, 2.05) is 12.1 Å². The van der Waals surface area contributed by atoms with Crippen LogP contribution < -0.4 is 0 Å². The molecule has 0 spiro atoms. The third-order valence-corrected chi connectivity index (χ3v) is 5.07. The third kappa shape index (κ3) is 3.89. The van der Waals surface area contributed by atoms with Crippen molar-refractivity contribution in [3.63, 3.8) is 0 Å². The molecule has 0 radical (unpaired) electrons. The van der Waals surface area contributed by atoms with Gasteiger partial charge in [-0.2, -0.15) is 0 Å². The van der Waals surface area contributed by atoms with E-state index in [1.165, 1.54) is 38.4 Å². The summed E-state index contributed by atoms with van der Waals surface area (Å²) in [6.45, 7) is 6.97. The van der Waals surface area contributed by atoms with Crippen LogP contribution in [0, 0.1) is 11.3 Å². The highest BCUT2D eigenvalue weighted by Crippen LogP contribution is 2.43. The number of hydrogen-bond acceptors (Lipinski definition) is 3. The SMILES string of the molecule is COC(=O)C(O)c1cccc(C2CCC(C(C)(C)C)CC2)c1. The maximum absolute atomic E-state index is 11.5. The molecule has 2 rings (SSSR count). The smallest absolute Gasteiger partial charge is 0.339 e. The summed E-state index contributed by atoms with van der Waals surface area (Å²) in [6, 6.07) is 7.78. The van der Waals surface area contributed by atoms with Gasteiger partial charge in [0.25, 0.3) is 0 Å². The molecule has 0 amide bonds. The quantitative estimate of drug-likeness (QED) is 0.851. The fraction of sp³-hybridized carbons (Fsp3) is 0.632. The van der Waals surface area contributed by atoms with Gasteiger partial charge in [0.2, 0.25) is 0 Å². The van der Waals surface area contributed by atoms with Gasteiger partial charge in [0.1, 0.15) is 0 Å². The van der Waals surface area contributed by atoms with Crippen LogP contribution in [0.4, 0.5) is 0 Å². The van der Waals surface area contributed by atoms with Crippen molar-refractivity contribution in [3.8, 4) is 0 Å². The second-order valence-electron chi connectivity index (χ2n) is 7.51. The molecule has 1 fully saturated rings. The van der Waals surface area contributed by atoms with Crippen LogP contribution >= 0.6 is 0 Å². The van der Waals surface area contributed by atoms with Crippen LogP contribution in [0.3, 0.4) is 0 Å². The molecule has 122 valence electrons. The van der Waals surface area contributed by atoms with E-state index >= 15 is 0 Å². The number of esters is 1. The highest BCUT2D eigenvalue weighted by atomic mass is 16.5. The van der Waals surface area contributed by atoms with Crippen molar-refractivity contribution in [2.45, 2.75) is 58.5 Å². The van der Waals surface area contributed by atoms with Gasteiger partial charge in [0, 0.05) is 0 Å². The van der Waals surface area contributed by atoms with Crippen molar-refractivity contribution in [2.75, 3.05) is 7.11 Å². The Kier molecular flexibility index (Phi) is 5.28. The van der Waals surface area contributed by atoms with E-state index in [9.17, 15) is 9.90 Å². The minimum absolute atomic E-state index is 0.383. The van der Waals surface area contributed by atoms with Gasteiger partial charge >= 0.3 is 5.97 Å². The first kappa shape index (κ1) is 17.0. The van der Waals surface area contributed by atoms with Crippen molar-refractivity contribution >= 4 is 5.97 Å². The predicted molar refractivity (Wildman–Crippen MR) is 87.6 cm³/mol. The van der Waals surface area contributed by atoms with Gasteiger partial charge in [-0.1, -0.05) is 45.0 Å². The Hall–Kier alpha value is -1.35. The summed E-state index contributed by atoms with van der Waals surface area (Å²) >= 11 is 0. The molecule has 1 atom stereocenters. The Labute approximate surface area is 133 Å². The summed E-state index contributed by atoms with van der Waals surface area (Å²) in [4.78, 5) is 11.5. The molecule has 0 heterocycles. The van der Waals surface area contributed by atoms with E-state index in [0.29, 0.717) is 16.9 Å². The van der Waals surface area contributed by atoms with Crippen LogP contribution in [0.15, 0.2) is 24.3 Å². The van der Waals surface area contributed by atoms with Crippen molar-refractivity contribution < 1.29 is 14.6 Å². The number of benzene rings is 1. The molecule has 1 unspecified atom stereocenters. The molecule has 1 N–H and O–H groups in total. The summed E-state index contributed by atoms with van der Waals surface area (Å²) in [5.41, 5.74) is 2.24. The number of rotatable bonds is 3. The van der Waals surface area contributed by atoms with Crippen LogP contribution in [0.1, 0.15) is 69.6 Å². The van der Waals surface area contributed by atoms with E-state index in [4.69, 9.17) is 0 Å². The molecule has 0 saturated heterocycles. The highest BCUT2D eigenvalue weighted by molar-refractivity contribution is 5.76. The molecule has 0 aliphatic heterocycles. The standard InChI is InChI=1S/C19H28O3/c1-19(2,3)16-10-8-13(9-11-16)14-6-5-7-15(12-14)17(20)18(21)22-4/h5-7,12-13,16-17,20H,8-11H2,1-4H3. The van der Waals surface area contributed by atoms with Crippen LogP contribution in [-0.2, 0) is 9.53 Å². The molecule has 1 aliphatic rings. The fourth-order valence-electron chi connectivity index (χ4n) is 3.52. The molecule has 1 aromatic rings. The summed E-state index contributed by atoms with van der Waals surface area (Å²) in [6.07, 6.45) is 3.67. The van der Waals surface area contributed by atoms with Crippen LogP contribution in [0.5, 0.6) is 0 Å². The first-order valence-corrected chi connectivity index (χ1v) is 8.18. The van der Waals surface area contributed by atoms with Crippen molar-refractivity contribution in [2.24, 2.45) is 11.3 Å². The second kappa shape index (κ2) is 6.82. The van der Waals surface area contributed by atoms with Gasteiger partial charge in [-0.25, -0.2) is 4.79 Å². The predicted octanol–water partition coefficient (Wildman–Crippen LogP) is 4.21. The number of methoxy groups -OCH3 is 1. The number of aliphatic hydroxyl groups is 1. The zero-order chi connectivity index (χ0) is 16.3. The summed E-state index contributed by atoms with van der Waals surface area (Å²) in [5, 5.41) is 9.99. The normalized spacial score (nSPS) is 23.9. The Bertz CT molecular complexity index is 508. The van der Waals surface area contributed by atoms with Crippen LogP contribution in [0.2, 0.25) is 0 Å². The number of ether oxygens (including phenoxy) is 1. The van der Waals surface area contributed by atoms with Gasteiger partial charge in [0.15, 0.2) is 6.10 Å².